The highest BCUT2D eigenvalue weighted by Crippen LogP contribution is 2.40. The zero-order chi connectivity index (χ0) is 16.8. The molecule has 4 rings (SSSR count). The Hall–Kier alpha value is -2.95. The van der Waals surface area contributed by atoms with Gasteiger partial charge in [-0.15, -0.1) is 0 Å². The van der Waals surface area contributed by atoms with Gasteiger partial charge in [0.1, 0.15) is 6.17 Å². The number of aryl methyl sites for hydroxylation is 2. The highest BCUT2D eigenvalue weighted by atomic mass is 16.5. The van der Waals surface area contributed by atoms with E-state index in [1.165, 1.54) is 5.56 Å². The Morgan fingerprint density at radius 1 is 1.12 bits per heavy atom. The van der Waals surface area contributed by atoms with Gasteiger partial charge in [-0.05, 0) is 44.2 Å². The van der Waals surface area contributed by atoms with Crippen molar-refractivity contribution >= 4 is 5.69 Å². The van der Waals surface area contributed by atoms with Gasteiger partial charge in [-0.25, -0.2) is 4.68 Å². The van der Waals surface area contributed by atoms with Crippen molar-refractivity contribution in [2.24, 2.45) is 0 Å². The summed E-state index contributed by atoms with van der Waals surface area (Å²) >= 11 is 0. The normalized spacial score (nSPS) is 15.4. The number of fused-ring (bicyclic) bond motifs is 3. The van der Waals surface area contributed by atoms with E-state index in [0.29, 0.717) is 5.75 Å². The molecule has 5 nitrogen and oxygen atoms in total. The number of nitrogens with one attached hydrogen (secondary N) is 1. The summed E-state index contributed by atoms with van der Waals surface area (Å²) in [6.45, 7) is 4.07. The maximum atomic E-state index is 10.1. The Bertz CT molecular complexity index is 930. The van der Waals surface area contributed by atoms with Crippen LogP contribution in [0, 0.1) is 13.8 Å². The third-order valence-electron chi connectivity index (χ3n) is 4.36. The van der Waals surface area contributed by atoms with E-state index in [9.17, 15) is 5.11 Å². The molecule has 0 spiro atoms. The third-order valence-corrected chi connectivity index (χ3v) is 4.36. The molecule has 122 valence electrons. The first kappa shape index (κ1) is 14.6. The average molecular weight is 321 g/mol. The second-order valence-corrected chi connectivity index (χ2v) is 6.14. The number of hydrogen-bond donors (Lipinski definition) is 2. The molecule has 0 bridgehead atoms. The van der Waals surface area contributed by atoms with E-state index in [2.05, 4.69) is 41.6 Å². The van der Waals surface area contributed by atoms with E-state index < -0.39 is 0 Å². The fourth-order valence-corrected chi connectivity index (χ4v) is 3.22. The molecule has 2 N–H and O–H groups in total. The molecule has 0 saturated carbocycles. The van der Waals surface area contributed by atoms with Crippen molar-refractivity contribution < 1.29 is 9.84 Å². The molecule has 1 aliphatic rings. The van der Waals surface area contributed by atoms with Crippen molar-refractivity contribution in [1.29, 1.82) is 0 Å². The summed E-state index contributed by atoms with van der Waals surface area (Å²) in [6.07, 6.45) is -0.180. The fraction of sp³-hybridized carbons (Fsp3) is 0.211. The van der Waals surface area contributed by atoms with Crippen LogP contribution in [0.4, 0.5) is 5.69 Å². The van der Waals surface area contributed by atoms with E-state index in [4.69, 9.17) is 4.74 Å². The largest absolute Gasteiger partial charge is 0.504 e. The van der Waals surface area contributed by atoms with E-state index in [1.54, 1.807) is 19.2 Å². The van der Waals surface area contributed by atoms with Crippen LogP contribution in [0.15, 0.2) is 42.5 Å². The minimum atomic E-state index is -0.180. The molecule has 1 atom stereocenters. The van der Waals surface area contributed by atoms with Crippen LogP contribution in [-0.4, -0.2) is 22.0 Å². The maximum absolute atomic E-state index is 10.1. The molecule has 0 aliphatic carbocycles. The van der Waals surface area contributed by atoms with Crippen molar-refractivity contribution in [2.45, 2.75) is 20.0 Å². The highest BCUT2D eigenvalue weighted by molar-refractivity contribution is 5.79. The number of hydrogen-bond acceptors (Lipinski definition) is 4. The van der Waals surface area contributed by atoms with Crippen molar-refractivity contribution in [2.75, 3.05) is 12.4 Å². The van der Waals surface area contributed by atoms with Crippen LogP contribution in [0.25, 0.3) is 11.3 Å². The molecule has 1 aliphatic heterocycles. The van der Waals surface area contributed by atoms with Crippen LogP contribution in [0.5, 0.6) is 11.5 Å². The number of phenolic OH excluding ortho intramolecular Hbond substituents is 1. The number of aromatic nitrogens is 2. The quantitative estimate of drug-likeness (QED) is 0.752. The van der Waals surface area contributed by atoms with E-state index >= 15 is 0 Å². The van der Waals surface area contributed by atoms with Gasteiger partial charge in [0.25, 0.3) is 0 Å². The van der Waals surface area contributed by atoms with Crippen LogP contribution in [0.3, 0.4) is 0 Å². The Labute approximate surface area is 140 Å². The van der Waals surface area contributed by atoms with Gasteiger partial charge in [0, 0.05) is 16.8 Å². The summed E-state index contributed by atoms with van der Waals surface area (Å²) in [5, 5.41) is 18.3. The number of anilines is 1. The number of phenols is 1. The molecule has 0 fully saturated rings. The molecule has 24 heavy (non-hydrogen) atoms. The first-order chi connectivity index (χ1) is 11.6. The second kappa shape index (κ2) is 5.30. The Morgan fingerprint density at radius 2 is 1.96 bits per heavy atom. The standard InChI is InChI=1S/C19H19N3O2/c1-11-4-6-15-14(8-11)16-9-12(2)21-22(16)19(20-15)13-5-7-18(24-3)17(23)10-13/h4-10,19-20,23H,1-3H3/t19-/m1/s1. The van der Waals surface area contributed by atoms with Gasteiger partial charge in [0.05, 0.1) is 18.5 Å². The van der Waals surface area contributed by atoms with Crippen LogP contribution in [-0.2, 0) is 0 Å². The molecule has 1 aromatic heterocycles. The van der Waals surface area contributed by atoms with E-state index in [1.807, 2.05) is 17.7 Å². The summed E-state index contributed by atoms with van der Waals surface area (Å²) in [5.41, 5.74) is 6.37. The highest BCUT2D eigenvalue weighted by Gasteiger charge is 2.27. The number of methoxy groups -OCH3 is 1. The Kier molecular flexibility index (Phi) is 3.23. The molecule has 2 heterocycles. The number of aromatic hydroxyl groups is 1. The van der Waals surface area contributed by atoms with Crippen LogP contribution in [0.1, 0.15) is 23.0 Å². The first-order valence-corrected chi connectivity index (χ1v) is 7.87. The summed E-state index contributed by atoms with van der Waals surface area (Å²) in [4.78, 5) is 0. The average Bonchev–Trinajstić information content (AvgIpc) is 2.96. The predicted octanol–water partition coefficient (Wildman–Crippen LogP) is 3.85. The number of benzene rings is 2. The van der Waals surface area contributed by atoms with Crippen molar-refractivity contribution in [1.82, 2.24) is 9.78 Å². The molecular weight excluding hydrogens is 302 g/mol. The lowest BCUT2D eigenvalue weighted by Gasteiger charge is -2.29. The zero-order valence-corrected chi connectivity index (χ0v) is 13.9. The number of rotatable bonds is 2. The van der Waals surface area contributed by atoms with Crippen molar-refractivity contribution in [3.05, 3.63) is 59.3 Å². The zero-order valence-electron chi connectivity index (χ0n) is 13.9. The number of ether oxygens (including phenoxy) is 1. The summed E-state index contributed by atoms with van der Waals surface area (Å²) in [7, 11) is 1.54. The van der Waals surface area contributed by atoms with Gasteiger partial charge in [0.2, 0.25) is 0 Å². The fourth-order valence-electron chi connectivity index (χ4n) is 3.22. The van der Waals surface area contributed by atoms with Crippen LogP contribution in [0.2, 0.25) is 0 Å². The van der Waals surface area contributed by atoms with Crippen molar-refractivity contribution in [3.8, 4) is 22.8 Å². The molecule has 2 aromatic carbocycles. The summed E-state index contributed by atoms with van der Waals surface area (Å²) in [5.74, 6) is 0.583. The summed E-state index contributed by atoms with van der Waals surface area (Å²) < 4.78 is 7.11. The lowest BCUT2D eigenvalue weighted by molar-refractivity contribution is 0.372. The maximum Gasteiger partial charge on any atom is 0.160 e. The summed E-state index contributed by atoms with van der Waals surface area (Å²) in [6, 6.07) is 13.9. The van der Waals surface area contributed by atoms with Gasteiger partial charge in [-0.2, -0.15) is 5.10 Å². The van der Waals surface area contributed by atoms with Crippen LogP contribution < -0.4 is 10.1 Å². The Morgan fingerprint density at radius 3 is 2.71 bits per heavy atom. The van der Waals surface area contributed by atoms with Crippen molar-refractivity contribution in [3.63, 3.8) is 0 Å². The third kappa shape index (κ3) is 2.21. The molecule has 0 amide bonds. The molecule has 0 saturated heterocycles. The molecular formula is C19H19N3O2. The second-order valence-electron chi connectivity index (χ2n) is 6.14. The minimum absolute atomic E-state index is 0.122. The number of nitrogens with zero attached hydrogens (tertiary/aromatic N) is 2. The SMILES string of the molecule is COc1ccc([C@@H]2Nc3ccc(C)cc3-c3cc(C)nn32)cc1O. The van der Waals surface area contributed by atoms with Gasteiger partial charge in [-0.1, -0.05) is 17.7 Å². The van der Waals surface area contributed by atoms with Gasteiger partial charge >= 0.3 is 0 Å². The van der Waals surface area contributed by atoms with Gasteiger partial charge in [0.15, 0.2) is 11.5 Å². The molecule has 0 unspecified atom stereocenters. The van der Waals surface area contributed by atoms with Crippen LogP contribution >= 0.6 is 0 Å². The smallest absolute Gasteiger partial charge is 0.160 e. The molecule has 3 aromatic rings. The molecule has 0 radical (unpaired) electrons. The van der Waals surface area contributed by atoms with E-state index in [0.717, 1.165) is 28.2 Å². The van der Waals surface area contributed by atoms with Gasteiger partial charge in [-0.3, -0.25) is 0 Å². The minimum Gasteiger partial charge on any atom is -0.504 e. The lowest BCUT2D eigenvalue weighted by Crippen LogP contribution is -2.25. The van der Waals surface area contributed by atoms with E-state index in [-0.39, 0.29) is 11.9 Å². The predicted molar refractivity (Wildman–Crippen MR) is 93.6 cm³/mol. The monoisotopic (exact) mass is 321 g/mol. The topological polar surface area (TPSA) is 59.3 Å². The Balaban J connectivity index is 1.86. The lowest BCUT2D eigenvalue weighted by atomic mass is 10.0. The first-order valence-electron chi connectivity index (χ1n) is 7.87. The molecule has 5 heteroatoms. The van der Waals surface area contributed by atoms with Gasteiger partial charge < -0.3 is 15.2 Å².